The third-order valence-electron chi connectivity index (χ3n) is 4.71. The Morgan fingerprint density at radius 1 is 1.11 bits per heavy atom. The number of methoxy groups -OCH3 is 2. The Morgan fingerprint density at radius 3 is 2.54 bits per heavy atom. The van der Waals surface area contributed by atoms with E-state index < -0.39 is 17.6 Å². The highest BCUT2D eigenvalue weighted by molar-refractivity contribution is 5.94. The molecule has 0 unspecified atom stereocenters. The monoisotopic (exact) mass is 385 g/mol. The molecule has 144 valence electrons. The zero-order chi connectivity index (χ0) is 19.8. The number of hydrogen-bond donors (Lipinski definition) is 1. The van der Waals surface area contributed by atoms with E-state index >= 15 is 0 Å². The quantitative estimate of drug-likeness (QED) is 0.745. The second-order valence-corrected chi connectivity index (χ2v) is 6.39. The lowest BCUT2D eigenvalue weighted by atomic mass is 9.89. The lowest BCUT2D eigenvalue weighted by Crippen LogP contribution is -2.25. The zero-order valence-electron chi connectivity index (χ0n) is 15.2. The molecule has 0 bridgehead atoms. The Balaban J connectivity index is 1.86. The number of imidazole rings is 1. The Kier molecular flexibility index (Phi) is 4.46. The Morgan fingerprint density at radius 2 is 1.86 bits per heavy atom. The van der Waals surface area contributed by atoms with E-state index in [1.165, 1.54) is 23.0 Å². The number of hydrogen-bond acceptors (Lipinski definition) is 4. The van der Waals surface area contributed by atoms with Crippen molar-refractivity contribution in [2.24, 2.45) is 0 Å². The minimum Gasteiger partial charge on any atom is -0.497 e. The highest BCUT2D eigenvalue weighted by atomic mass is 19.1. The largest absolute Gasteiger partial charge is 0.497 e. The predicted octanol–water partition coefficient (Wildman–Crippen LogP) is 3.64. The minimum atomic E-state index is -0.717. The smallest absolute Gasteiger partial charge is 0.226 e. The molecule has 0 radical (unpaired) electrons. The maximum absolute atomic E-state index is 13.7. The maximum atomic E-state index is 13.7. The van der Waals surface area contributed by atoms with Gasteiger partial charge in [0.15, 0.2) is 0 Å². The minimum absolute atomic E-state index is 0.158. The third-order valence-corrected chi connectivity index (χ3v) is 4.71. The summed E-state index contributed by atoms with van der Waals surface area (Å²) in [4.78, 5) is 16.8. The van der Waals surface area contributed by atoms with Gasteiger partial charge in [0.2, 0.25) is 5.91 Å². The van der Waals surface area contributed by atoms with Crippen LogP contribution in [0.4, 0.5) is 14.6 Å². The number of anilines is 1. The fraction of sp³-hybridized carbons (Fsp3) is 0.200. The molecule has 1 N–H and O–H groups in total. The molecule has 28 heavy (non-hydrogen) atoms. The van der Waals surface area contributed by atoms with E-state index in [0.717, 1.165) is 11.6 Å². The van der Waals surface area contributed by atoms with Gasteiger partial charge in [-0.05, 0) is 30.3 Å². The van der Waals surface area contributed by atoms with Crippen LogP contribution in [0.25, 0.3) is 5.69 Å². The van der Waals surface area contributed by atoms with Crippen LogP contribution >= 0.6 is 0 Å². The first-order chi connectivity index (χ1) is 13.5. The Labute approximate surface area is 159 Å². The molecule has 3 aromatic rings. The van der Waals surface area contributed by atoms with Crippen molar-refractivity contribution in [2.45, 2.75) is 12.3 Å². The molecule has 0 fully saturated rings. The number of ether oxygens (including phenoxy) is 2. The van der Waals surface area contributed by atoms with Gasteiger partial charge in [-0.3, -0.25) is 9.36 Å². The molecule has 1 aliphatic rings. The lowest BCUT2D eigenvalue weighted by Gasteiger charge is -2.25. The zero-order valence-corrected chi connectivity index (χ0v) is 15.2. The number of amides is 1. The van der Waals surface area contributed by atoms with Crippen molar-refractivity contribution in [3.05, 3.63) is 65.6 Å². The predicted molar refractivity (Wildman–Crippen MR) is 98.1 cm³/mol. The van der Waals surface area contributed by atoms with E-state index in [1.54, 1.807) is 32.4 Å². The van der Waals surface area contributed by atoms with Crippen LogP contribution in [0.2, 0.25) is 0 Å². The average Bonchev–Trinajstić information content (AvgIpc) is 3.09. The number of benzene rings is 2. The van der Waals surface area contributed by atoms with E-state index in [2.05, 4.69) is 10.3 Å². The van der Waals surface area contributed by atoms with Gasteiger partial charge in [0.25, 0.3) is 0 Å². The summed E-state index contributed by atoms with van der Waals surface area (Å²) < 4.78 is 39.5. The molecule has 0 aliphatic carbocycles. The van der Waals surface area contributed by atoms with Gasteiger partial charge in [0, 0.05) is 24.0 Å². The first kappa shape index (κ1) is 18.0. The maximum Gasteiger partial charge on any atom is 0.226 e. The SMILES string of the molecule is COc1ccc(OC)c([C@H]2CC(=O)Nc3c2ncn3-c2cc(F)cc(F)c2)c1. The lowest BCUT2D eigenvalue weighted by molar-refractivity contribution is -0.116. The van der Waals surface area contributed by atoms with Crippen LogP contribution in [-0.4, -0.2) is 29.7 Å². The van der Waals surface area contributed by atoms with Crippen LogP contribution in [0.3, 0.4) is 0 Å². The van der Waals surface area contributed by atoms with E-state index in [1.807, 2.05) is 0 Å². The van der Waals surface area contributed by atoms with E-state index in [9.17, 15) is 13.6 Å². The van der Waals surface area contributed by atoms with E-state index in [-0.39, 0.29) is 18.0 Å². The topological polar surface area (TPSA) is 65.4 Å². The van der Waals surface area contributed by atoms with Gasteiger partial charge in [-0.25, -0.2) is 13.8 Å². The molecule has 1 amide bonds. The Hall–Kier alpha value is -3.42. The number of aromatic nitrogens is 2. The molecular formula is C20H17F2N3O3. The van der Waals surface area contributed by atoms with Crippen molar-refractivity contribution >= 4 is 11.7 Å². The number of nitrogens with zero attached hydrogens (tertiary/aromatic N) is 2. The van der Waals surface area contributed by atoms with Gasteiger partial charge in [0.1, 0.15) is 35.3 Å². The number of fused-ring (bicyclic) bond motifs is 1. The normalized spacial score (nSPS) is 15.7. The molecule has 2 heterocycles. The first-order valence-electron chi connectivity index (χ1n) is 8.55. The molecular weight excluding hydrogens is 368 g/mol. The van der Waals surface area contributed by atoms with E-state index in [0.29, 0.717) is 23.0 Å². The second-order valence-electron chi connectivity index (χ2n) is 6.39. The number of carbonyl (C=O) groups is 1. The summed E-state index contributed by atoms with van der Waals surface area (Å²) in [5, 5.41) is 2.76. The van der Waals surface area contributed by atoms with Gasteiger partial charge in [-0.1, -0.05) is 0 Å². The summed E-state index contributed by atoms with van der Waals surface area (Å²) in [7, 11) is 3.10. The van der Waals surface area contributed by atoms with Crippen molar-refractivity contribution in [3.63, 3.8) is 0 Å². The summed E-state index contributed by atoms with van der Waals surface area (Å²) in [5.41, 5.74) is 1.55. The fourth-order valence-corrected chi connectivity index (χ4v) is 3.45. The van der Waals surface area contributed by atoms with Crippen LogP contribution in [0.1, 0.15) is 23.6 Å². The summed E-state index contributed by atoms with van der Waals surface area (Å²) in [5.74, 6) is -0.477. The fourth-order valence-electron chi connectivity index (χ4n) is 3.45. The Bertz CT molecular complexity index is 1040. The number of carbonyl (C=O) groups excluding carboxylic acids is 1. The highest BCUT2D eigenvalue weighted by Crippen LogP contribution is 2.42. The standard InChI is InChI=1S/C20H17F2N3O3/c1-27-14-3-4-17(28-2)15(8-14)16-9-18(26)24-20-19(16)23-10-25(20)13-6-11(21)5-12(22)7-13/h3-8,10,16H,9H2,1-2H3,(H,24,26)/t16-/m1/s1. The highest BCUT2D eigenvalue weighted by Gasteiger charge is 2.33. The molecule has 1 aromatic heterocycles. The van der Waals surface area contributed by atoms with Crippen LogP contribution in [0.5, 0.6) is 11.5 Å². The molecule has 0 saturated carbocycles. The van der Waals surface area contributed by atoms with Crippen LogP contribution < -0.4 is 14.8 Å². The van der Waals surface area contributed by atoms with Crippen molar-refractivity contribution in [1.82, 2.24) is 9.55 Å². The molecule has 8 heteroatoms. The summed E-state index contributed by atoms with van der Waals surface area (Å²) >= 11 is 0. The van der Waals surface area contributed by atoms with E-state index in [4.69, 9.17) is 9.47 Å². The summed E-state index contributed by atoms with van der Waals surface area (Å²) in [6, 6.07) is 8.46. The third kappa shape index (κ3) is 3.06. The van der Waals surface area contributed by atoms with Crippen molar-refractivity contribution < 1.29 is 23.0 Å². The van der Waals surface area contributed by atoms with Crippen molar-refractivity contribution in [3.8, 4) is 17.2 Å². The van der Waals surface area contributed by atoms with Gasteiger partial charge in [0.05, 0.1) is 25.6 Å². The molecule has 6 nitrogen and oxygen atoms in total. The van der Waals surface area contributed by atoms with Crippen LogP contribution in [0, 0.1) is 11.6 Å². The van der Waals surface area contributed by atoms with Gasteiger partial charge < -0.3 is 14.8 Å². The summed E-state index contributed by atoms with van der Waals surface area (Å²) in [6.07, 6.45) is 1.59. The molecule has 1 atom stereocenters. The summed E-state index contributed by atoms with van der Waals surface area (Å²) in [6.45, 7) is 0. The van der Waals surface area contributed by atoms with Gasteiger partial charge >= 0.3 is 0 Å². The molecule has 0 spiro atoms. The van der Waals surface area contributed by atoms with Gasteiger partial charge in [-0.15, -0.1) is 0 Å². The first-order valence-corrected chi connectivity index (χ1v) is 8.55. The van der Waals surface area contributed by atoms with Gasteiger partial charge in [-0.2, -0.15) is 0 Å². The molecule has 0 saturated heterocycles. The van der Waals surface area contributed by atoms with Crippen molar-refractivity contribution in [1.29, 1.82) is 0 Å². The number of rotatable bonds is 4. The molecule has 2 aromatic carbocycles. The second kappa shape index (κ2) is 6.95. The number of halogens is 2. The van der Waals surface area contributed by atoms with Crippen LogP contribution in [-0.2, 0) is 4.79 Å². The molecule has 1 aliphatic heterocycles. The van der Waals surface area contributed by atoms with Crippen LogP contribution in [0.15, 0.2) is 42.7 Å². The number of nitrogens with one attached hydrogen (secondary N) is 1. The average molecular weight is 385 g/mol. The van der Waals surface area contributed by atoms with Crippen molar-refractivity contribution in [2.75, 3.05) is 19.5 Å². The molecule has 4 rings (SSSR count).